The van der Waals surface area contributed by atoms with E-state index in [1.807, 2.05) is 55.5 Å². The Morgan fingerprint density at radius 3 is 2.65 bits per heavy atom. The second kappa shape index (κ2) is 5.59. The molecule has 1 heterocycles. The predicted octanol–water partition coefficient (Wildman–Crippen LogP) is 4.19. The predicted molar refractivity (Wildman–Crippen MR) is 78.2 cm³/mol. The van der Waals surface area contributed by atoms with Gasteiger partial charge in [0.05, 0.1) is 11.5 Å². The largest absolute Gasteiger partial charge is 0.465 e. The molecule has 2 aromatic rings. The number of thioether (sulfide) groups is 1. The topological polar surface area (TPSA) is 35.5 Å². The summed E-state index contributed by atoms with van der Waals surface area (Å²) in [4.78, 5) is 13.2. The summed E-state index contributed by atoms with van der Waals surface area (Å²) >= 11 is 1.47. The van der Waals surface area contributed by atoms with Crippen LogP contribution in [0.2, 0.25) is 0 Å². The third-order valence-corrected chi connectivity index (χ3v) is 4.29. The van der Waals surface area contributed by atoms with Crippen LogP contribution in [-0.2, 0) is 9.53 Å². The van der Waals surface area contributed by atoms with E-state index in [1.54, 1.807) is 0 Å². The van der Waals surface area contributed by atoms with E-state index in [-0.39, 0.29) is 5.97 Å². The average molecular weight is 286 g/mol. The van der Waals surface area contributed by atoms with Crippen LogP contribution in [-0.4, -0.2) is 12.6 Å². The van der Waals surface area contributed by atoms with Crippen molar-refractivity contribution in [2.45, 2.75) is 17.1 Å². The molecule has 0 spiro atoms. The van der Waals surface area contributed by atoms with Gasteiger partial charge in [0, 0.05) is 5.56 Å². The van der Waals surface area contributed by atoms with E-state index in [2.05, 4.69) is 0 Å². The van der Waals surface area contributed by atoms with Crippen molar-refractivity contribution >= 4 is 17.7 Å². The number of fused-ring (bicyclic) bond motifs is 2. The second-order valence-corrected chi connectivity index (χ2v) is 5.48. The van der Waals surface area contributed by atoms with Crippen LogP contribution in [0.1, 0.15) is 17.7 Å². The fourth-order valence-electron chi connectivity index (χ4n) is 2.12. The fraction of sp³-hybridized carbons (Fsp3) is 0.188. The summed E-state index contributed by atoms with van der Waals surface area (Å²) in [6.07, 6.45) is 0. The summed E-state index contributed by atoms with van der Waals surface area (Å²) < 4.78 is 11.1. The van der Waals surface area contributed by atoms with Gasteiger partial charge in [-0.2, -0.15) is 0 Å². The molecule has 0 saturated heterocycles. The zero-order valence-corrected chi connectivity index (χ0v) is 11.9. The Bertz CT molecular complexity index is 639. The molecule has 3 rings (SSSR count). The molecular formula is C16H14O3S. The van der Waals surface area contributed by atoms with Crippen molar-refractivity contribution < 1.29 is 14.3 Å². The van der Waals surface area contributed by atoms with Crippen LogP contribution < -0.4 is 4.74 Å². The minimum absolute atomic E-state index is 0.231. The van der Waals surface area contributed by atoms with Crippen LogP contribution >= 0.6 is 11.8 Å². The Morgan fingerprint density at radius 2 is 1.85 bits per heavy atom. The van der Waals surface area contributed by atoms with Gasteiger partial charge in [-0.05, 0) is 25.1 Å². The summed E-state index contributed by atoms with van der Waals surface area (Å²) in [5.74, 6) is 1.25. The number of esters is 1. The number of ether oxygens (including phenoxy) is 2. The summed E-state index contributed by atoms with van der Waals surface area (Å²) in [6, 6.07) is 15.3. The number of hydrogen-bond acceptors (Lipinski definition) is 4. The highest BCUT2D eigenvalue weighted by Crippen LogP contribution is 2.48. The van der Waals surface area contributed by atoms with Crippen molar-refractivity contribution in [3.05, 3.63) is 54.1 Å². The van der Waals surface area contributed by atoms with Crippen LogP contribution in [0.25, 0.3) is 0 Å². The lowest BCUT2D eigenvalue weighted by Gasteiger charge is -2.14. The average Bonchev–Trinajstić information content (AvgIpc) is 2.64. The van der Waals surface area contributed by atoms with E-state index in [0.29, 0.717) is 12.4 Å². The van der Waals surface area contributed by atoms with Gasteiger partial charge in [-0.3, -0.25) is 4.79 Å². The van der Waals surface area contributed by atoms with Crippen molar-refractivity contribution in [2.24, 2.45) is 0 Å². The monoisotopic (exact) mass is 286 g/mol. The maximum Gasteiger partial charge on any atom is 0.324 e. The molecule has 0 N–H and O–H groups in total. The van der Waals surface area contributed by atoms with Crippen LogP contribution in [0.5, 0.6) is 11.5 Å². The Hall–Kier alpha value is -1.94. The standard InChI is InChI=1S/C16H14O3S/c1-2-18-16(17)15-11-7-3-4-8-12(11)19-13-9-5-6-10-14(13)20-15/h3-10,15H,2H2,1H3. The van der Waals surface area contributed by atoms with Crippen LogP contribution in [0, 0.1) is 0 Å². The highest BCUT2D eigenvalue weighted by atomic mass is 32.2. The van der Waals surface area contributed by atoms with Gasteiger partial charge in [-0.15, -0.1) is 11.8 Å². The summed E-state index contributed by atoms with van der Waals surface area (Å²) in [7, 11) is 0. The van der Waals surface area contributed by atoms with Gasteiger partial charge in [-0.1, -0.05) is 30.3 Å². The van der Waals surface area contributed by atoms with Gasteiger partial charge in [0.15, 0.2) is 0 Å². The number of rotatable bonds is 2. The quantitative estimate of drug-likeness (QED) is 0.775. The van der Waals surface area contributed by atoms with Gasteiger partial charge < -0.3 is 9.47 Å². The molecule has 0 bridgehead atoms. The molecule has 0 fully saturated rings. The van der Waals surface area contributed by atoms with Gasteiger partial charge in [0.1, 0.15) is 16.7 Å². The maximum atomic E-state index is 12.2. The minimum atomic E-state index is -0.394. The first-order valence-corrected chi connectivity index (χ1v) is 7.36. The maximum absolute atomic E-state index is 12.2. The third-order valence-electron chi connectivity index (χ3n) is 3.02. The molecule has 0 saturated carbocycles. The highest BCUT2D eigenvalue weighted by Gasteiger charge is 2.30. The smallest absolute Gasteiger partial charge is 0.324 e. The zero-order chi connectivity index (χ0) is 13.9. The molecule has 3 nitrogen and oxygen atoms in total. The van der Waals surface area contributed by atoms with E-state index in [1.165, 1.54) is 11.8 Å². The molecule has 1 atom stereocenters. The molecule has 20 heavy (non-hydrogen) atoms. The lowest BCUT2D eigenvalue weighted by atomic mass is 10.1. The number of para-hydroxylation sites is 2. The highest BCUT2D eigenvalue weighted by molar-refractivity contribution is 8.00. The molecule has 4 heteroatoms. The van der Waals surface area contributed by atoms with E-state index in [9.17, 15) is 4.79 Å². The van der Waals surface area contributed by atoms with Gasteiger partial charge >= 0.3 is 5.97 Å². The first-order valence-electron chi connectivity index (χ1n) is 6.48. The molecule has 1 aliphatic heterocycles. The summed E-state index contributed by atoms with van der Waals surface area (Å²) in [6.45, 7) is 2.19. The Morgan fingerprint density at radius 1 is 1.15 bits per heavy atom. The number of carbonyl (C=O) groups excluding carboxylic acids is 1. The summed E-state index contributed by atoms with van der Waals surface area (Å²) in [5.41, 5.74) is 0.854. The number of hydrogen-bond donors (Lipinski definition) is 0. The van der Waals surface area contributed by atoms with Gasteiger partial charge in [-0.25, -0.2) is 0 Å². The van der Waals surface area contributed by atoms with E-state index in [0.717, 1.165) is 16.2 Å². The van der Waals surface area contributed by atoms with E-state index < -0.39 is 5.25 Å². The molecule has 0 aromatic heterocycles. The molecule has 0 amide bonds. The molecular weight excluding hydrogens is 272 g/mol. The lowest BCUT2D eigenvalue weighted by Crippen LogP contribution is -2.13. The van der Waals surface area contributed by atoms with Crippen molar-refractivity contribution in [1.82, 2.24) is 0 Å². The van der Waals surface area contributed by atoms with Crippen molar-refractivity contribution in [3.63, 3.8) is 0 Å². The second-order valence-electron chi connectivity index (χ2n) is 4.34. The van der Waals surface area contributed by atoms with Gasteiger partial charge in [0.25, 0.3) is 0 Å². The Kier molecular flexibility index (Phi) is 3.65. The number of benzene rings is 2. The first kappa shape index (κ1) is 13.1. The van der Waals surface area contributed by atoms with Crippen LogP contribution in [0.4, 0.5) is 0 Å². The molecule has 0 aliphatic carbocycles. The van der Waals surface area contributed by atoms with E-state index in [4.69, 9.17) is 9.47 Å². The van der Waals surface area contributed by atoms with Crippen molar-refractivity contribution in [1.29, 1.82) is 0 Å². The normalized spacial score (nSPS) is 16.4. The molecule has 0 radical (unpaired) electrons. The van der Waals surface area contributed by atoms with Crippen molar-refractivity contribution in [2.75, 3.05) is 6.61 Å². The molecule has 2 aromatic carbocycles. The third kappa shape index (κ3) is 2.39. The summed E-state index contributed by atoms with van der Waals surface area (Å²) in [5, 5.41) is -0.394. The number of carbonyl (C=O) groups is 1. The minimum Gasteiger partial charge on any atom is -0.465 e. The zero-order valence-electron chi connectivity index (χ0n) is 11.0. The first-order chi connectivity index (χ1) is 9.79. The SMILES string of the molecule is CCOC(=O)C1Sc2ccccc2Oc2ccccc21. The molecule has 1 unspecified atom stereocenters. The lowest BCUT2D eigenvalue weighted by molar-refractivity contribution is -0.142. The fourth-order valence-corrected chi connectivity index (χ4v) is 3.25. The molecule has 1 aliphatic rings. The van der Waals surface area contributed by atoms with E-state index >= 15 is 0 Å². The Labute approximate surface area is 121 Å². The molecule has 102 valence electrons. The Balaban J connectivity index is 2.08. The van der Waals surface area contributed by atoms with Crippen LogP contribution in [0.15, 0.2) is 53.4 Å². The van der Waals surface area contributed by atoms with Crippen molar-refractivity contribution in [3.8, 4) is 11.5 Å². The van der Waals surface area contributed by atoms with Gasteiger partial charge in [0.2, 0.25) is 0 Å². The van der Waals surface area contributed by atoms with Crippen LogP contribution in [0.3, 0.4) is 0 Å².